The van der Waals surface area contributed by atoms with Gasteiger partial charge in [0.15, 0.2) is 0 Å². The maximum Gasteiger partial charge on any atom is 0.318 e. The summed E-state index contributed by atoms with van der Waals surface area (Å²) in [6.45, 7) is 1.93. The summed E-state index contributed by atoms with van der Waals surface area (Å²) in [6.07, 6.45) is -0.653. The van der Waals surface area contributed by atoms with Gasteiger partial charge in [-0.05, 0) is 43.3 Å². The molecule has 5 nitrogen and oxygen atoms in total. The summed E-state index contributed by atoms with van der Waals surface area (Å²) < 4.78 is 10.2. The SMILES string of the molecule is COC(=O)C(C)SCC(O)COc1ccc(Nc2ccccc2)cc1. The predicted molar refractivity (Wildman–Crippen MR) is 102 cm³/mol. The number of ether oxygens (including phenoxy) is 2. The maximum absolute atomic E-state index is 11.3. The van der Waals surface area contributed by atoms with Crippen LogP contribution in [0.4, 0.5) is 11.4 Å². The molecule has 0 heterocycles. The molecule has 0 saturated heterocycles. The molecule has 2 N–H and O–H groups in total. The fourth-order valence-corrected chi connectivity index (χ4v) is 2.89. The van der Waals surface area contributed by atoms with Crippen LogP contribution in [0, 0.1) is 0 Å². The van der Waals surface area contributed by atoms with Crippen molar-refractivity contribution in [1.82, 2.24) is 0 Å². The Morgan fingerprint density at radius 2 is 1.76 bits per heavy atom. The molecule has 0 aliphatic carbocycles. The summed E-state index contributed by atoms with van der Waals surface area (Å²) in [7, 11) is 1.36. The van der Waals surface area contributed by atoms with Gasteiger partial charge in [0.1, 0.15) is 12.4 Å². The Morgan fingerprint density at radius 3 is 2.40 bits per heavy atom. The fourth-order valence-electron chi connectivity index (χ4n) is 2.05. The molecular weight excluding hydrogens is 338 g/mol. The van der Waals surface area contributed by atoms with Gasteiger partial charge in [-0.1, -0.05) is 18.2 Å². The number of aliphatic hydroxyl groups excluding tert-OH is 1. The normalized spacial score (nSPS) is 12.9. The van der Waals surface area contributed by atoms with E-state index in [1.165, 1.54) is 18.9 Å². The van der Waals surface area contributed by atoms with Crippen molar-refractivity contribution < 1.29 is 19.4 Å². The first-order chi connectivity index (χ1) is 12.1. The number of benzene rings is 2. The lowest BCUT2D eigenvalue weighted by molar-refractivity contribution is -0.139. The van der Waals surface area contributed by atoms with Crippen molar-refractivity contribution >= 4 is 29.1 Å². The highest BCUT2D eigenvalue weighted by molar-refractivity contribution is 8.00. The number of methoxy groups -OCH3 is 1. The number of nitrogens with one attached hydrogen (secondary N) is 1. The van der Waals surface area contributed by atoms with Crippen molar-refractivity contribution in [2.45, 2.75) is 18.3 Å². The van der Waals surface area contributed by atoms with Gasteiger partial charge in [0.2, 0.25) is 0 Å². The molecular formula is C19H23NO4S. The molecule has 0 spiro atoms. The number of anilines is 2. The highest BCUT2D eigenvalue weighted by Gasteiger charge is 2.16. The third-order valence-electron chi connectivity index (χ3n) is 3.43. The Kier molecular flexibility index (Phi) is 7.63. The first kappa shape index (κ1) is 19.1. The van der Waals surface area contributed by atoms with Crippen molar-refractivity contribution in [2.75, 3.05) is 24.8 Å². The Hall–Kier alpha value is -2.18. The van der Waals surface area contributed by atoms with Gasteiger partial charge >= 0.3 is 5.97 Å². The van der Waals surface area contributed by atoms with Crippen LogP contribution in [0.5, 0.6) is 5.75 Å². The van der Waals surface area contributed by atoms with Gasteiger partial charge in [-0.3, -0.25) is 4.79 Å². The summed E-state index contributed by atoms with van der Waals surface area (Å²) >= 11 is 1.34. The molecule has 0 aliphatic heterocycles. The second-order valence-electron chi connectivity index (χ2n) is 5.48. The highest BCUT2D eigenvalue weighted by Crippen LogP contribution is 2.20. The van der Waals surface area contributed by atoms with Gasteiger partial charge in [-0.15, -0.1) is 11.8 Å². The Bertz CT molecular complexity index is 648. The summed E-state index contributed by atoms with van der Waals surface area (Å²) in [4.78, 5) is 11.3. The number of aliphatic hydroxyl groups is 1. The number of hydrogen-bond donors (Lipinski definition) is 2. The summed E-state index contributed by atoms with van der Waals surface area (Å²) in [5, 5.41) is 12.9. The molecule has 0 radical (unpaired) electrons. The first-order valence-electron chi connectivity index (χ1n) is 8.01. The van der Waals surface area contributed by atoms with Gasteiger partial charge in [0, 0.05) is 17.1 Å². The summed E-state index contributed by atoms with van der Waals surface area (Å²) in [6, 6.07) is 17.4. The minimum absolute atomic E-state index is 0.173. The van der Waals surface area contributed by atoms with Gasteiger partial charge in [0.05, 0.1) is 18.5 Å². The number of thioether (sulfide) groups is 1. The van der Waals surface area contributed by atoms with E-state index in [-0.39, 0.29) is 17.8 Å². The molecule has 2 atom stereocenters. The lowest BCUT2D eigenvalue weighted by atomic mass is 10.2. The van der Waals surface area contributed by atoms with E-state index in [0.29, 0.717) is 11.5 Å². The smallest absolute Gasteiger partial charge is 0.318 e. The molecule has 2 unspecified atom stereocenters. The third kappa shape index (κ3) is 6.68. The van der Waals surface area contributed by atoms with E-state index in [9.17, 15) is 9.90 Å². The van der Waals surface area contributed by atoms with E-state index in [0.717, 1.165) is 11.4 Å². The van der Waals surface area contributed by atoms with Crippen molar-refractivity contribution in [1.29, 1.82) is 0 Å². The molecule has 0 bridgehead atoms. The quantitative estimate of drug-likeness (QED) is 0.667. The molecule has 0 saturated carbocycles. The largest absolute Gasteiger partial charge is 0.491 e. The molecule has 2 aromatic carbocycles. The van der Waals surface area contributed by atoms with E-state index in [1.807, 2.05) is 54.6 Å². The van der Waals surface area contributed by atoms with E-state index >= 15 is 0 Å². The zero-order valence-electron chi connectivity index (χ0n) is 14.3. The lowest BCUT2D eigenvalue weighted by Gasteiger charge is -2.14. The van der Waals surface area contributed by atoms with Crippen LogP contribution in [0.1, 0.15) is 6.92 Å². The minimum atomic E-state index is -0.653. The second kappa shape index (κ2) is 9.96. The number of para-hydroxylation sites is 1. The molecule has 2 rings (SSSR count). The third-order valence-corrected chi connectivity index (χ3v) is 4.70. The zero-order valence-corrected chi connectivity index (χ0v) is 15.2. The molecule has 0 aliphatic rings. The molecule has 134 valence electrons. The van der Waals surface area contributed by atoms with Crippen LogP contribution >= 0.6 is 11.8 Å². The molecule has 2 aromatic rings. The molecule has 0 fully saturated rings. The highest BCUT2D eigenvalue weighted by atomic mass is 32.2. The average molecular weight is 361 g/mol. The van der Waals surface area contributed by atoms with E-state index in [1.54, 1.807) is 6.92 Å². The number of carbonyl (C=O) groups excluding carboxylic acids is 1. The average Bonchev–Trinajstić information content (AvgIpc) is 2.65. The number of hydrogen-bond acceptors (Lipinski definition) is 6. The molecule has 6 heteroatoms. The van der Waals surface area contributed by atoms with Gasteiger partial charge in [0.25, 0.3) is 0 Å². The van der Waals surface area contributed by atoms with Crippen LogP contribution in [0.15, 0.2) is 54.6 Å². The van der Waals surface area contributed by atoms with Crippen molar-refractivity contribution in [2.24, 2.45) is 0 Å². The van der Waals surface area contributed by atoms with E-state index in [4.69, 9.17) is 4.74 Å². The Balaban J connectivity index is 1.74. The predicted octanol–water partition coefficient (Wildman–Crippen LogP) is 3.46. The summed E-state index contributed by atoms with van der Waals surface area (Å²) in [5.41, 5.74) is 1.98. The van der Waals surface area contributed by atoms with Crippen molar-refractivity contribution in [3.05, 3.63) is 54.6 Å². The summed E-state index contributed by atoms with van der Waals surface area (Å²) in [5.74, 6) is 0.799. The van der Waals surface area contributed by atoms with E-state index in [2.05, 4.69) is 10.1 Å². The van der Waals surface area contributed by atoms with Crippen LogP contribution in [0.25, 0.3) is 0 Å². The van der Waals surface area contributed by atoms with Crippen LogP contribution in [-0.2, 0) is 9.53 Å². The van der Waals surface area contributed by atoms with Gasteiger partial charge in [-0.25, -0.2) is 0 Å². The van der Waals surface area contributed by atoms with Crippen molar-refractivity contribution in [3.63, 3.8) is 0 Å². The van der Waals surface area contributed by atoms with Gasteiger partial charge in [-0.2, -0.15) is 0 Å². The Labute approximate surface area is 152 Å². The molecule has 0 aromatic heterocycles. The molecule has 25 heavy (non-hydrogen) atoms. The van der Waals surface area contributed by atoms with Crippen LogP contribution in [-0.4, -0.2) is 41.9 Å². The van der Waals surface area contributed by atoms with Crippen molar-refractivity contribution in [3.8, 4) is 5.75 Å². The monoisotopic (exact) mass is 361 g/mol. The van der Waals surface area contributed by atoms with Crippen LogP contribution in [0.3, 0.4) is 0 Å². The number of esters is 1. The minimum Gasteiger partial charge on any atom is -0.491 e. The van der Waals surface area contributed by atoms with Gasteiger partial charge < -0.3 is 19.9 Å². The maximum atomic E-state index is 11.3. The molecule has 0 amide bonds. The Morgan fingerprint density at radius 1 is 1.12 bits per heavy atom. The first-order valence-corrected chi connectivity index (χ1v) is 9.06. The van der Waals surface area contributed by atoms with Crippen LogP contribution < -0.4 is 10.1 Å². The number of rotatable bonds is 9. The topological polar surface area (TPSA) is 67.8 Å². The lowest BCUT2D eigenvalue weighted by Crippen LogP contribution is -2.23. The number of carbonyl (C=O) groups is 1. The standard InChI is InChI=1S/C19H23NO4S/c1-14(19(22)23-2)25-13-17(21)12-24-18-10-8-16(9-11-18)20-15-6-4-3-5-7-15/h3-11,14,17,20-21H,12-13H2,1-2H3. The fraction of sp³-hybridized carbons (Fsp3) is 0.316. The second-order valence-corrected chi connectivity index (χ2v) is 6.85. The zero-order chi connectivity index (χ0) is 18.1. The van der Waals surface area contributed by atoms with E-state index < -0.39 is 6.10 Å². The van der Waals surface area contributed by atoms with Crippen LogP contribution in [0.2, 0.25) is 0 Å².